The van der Waals surface area contributed by atoms with Gasteiger partial charge in [0.25, 0.3) is 5.91 Å². The Kier molecular flexibility index (Phi) is 5.93. The van der Waals surface area contributed by atoms with Gasteiger partial charge in [0.1, 0.15) is 5.82 Å². The van der Waals surface area contributed by atoms with Gasteiger partial charge in [-0.05, 0) is 62.6 Å². The summed E-state index contributed by atoms with van der Waals surface area (Å²) >= 11 is 6.09. The van der Waals surface area contributed by atoms with Crippen LogP contribution in [0.25, 0.3) is 5.82 Å². The molecule has 3 aromatic rings. The average molecular weight is 424 g/mol. The summed E-state index contributed by atoms with van der Waals surface area (Å²) in [5.74, 6) is 0.749. The number of carbonyl (C=O) groups excluding carboxylic acids is 1. The molecule has 1 aromatic carbocycles. The summed E-state index contributed by atoms with van der Waals surface area (Å²) in [5, 5.41) is 3.91. The normalized spacial score (nSPS) is 15.7. The topological polar surface area (TPSA) is 56.1 Å². The maximum absolute atomic E-state index is 13.1. The summed E-state index contributed by atoms with van der Waals surface area (Å²) in [6, 6.07) is 15.7. The number of halogens is 1. The fraction of sp³-hybridized carbons (Fsp3) is 0.333. The number of hydrogen-bond acceptors (Lipinski definition) is 3. The molecule has 0 spiro atoms. The first-order chi connectivity index (χ1) is 14.5. The molecule has 156 valence electrons. The van der Waals surface area contributed by atoms with Gasteiger partial charge in [-0.15, -0.1) is 0 Å². The summed E-state index contributed by atoms with van der Waals surface area (Å²) in [6.07, 6.45) is 3.48. The van der Waals surface area contributed by atoms with E-state index in [0.717, 1.165) is 30.0 Å². The van der Waals surface area contributed by atoms with Crippen molar-refractivity contribution in [1.29, 1.82) is 0 Å². The van der Waals surface area contributed by atoms with Gasteiger partial charge in [-0.3, -0.25) is 4.79 Å². The number of nitrogens with zero attached hydrogens (tertiary/aromatic N) is 2. The van der Waals surface area contributed by atoms with Gasteiger partial charge in [0.2, 0.25) is 0 Å². The highest BCUT2D eigenvalue weighted by atomic mass is 35.5. The van der Waals surface area contributed by atoms with Crippen molar-refractivity contribution in [3.63, 3.8) is 0 Å². The fourth-order valence-corrected chi connectivity index (χ4v) is 4.44. The second kappa shape index (κ2) is 8.62. The van der Waals surface area contributed by atoms with Crippen molar-refractivity contribution < 1.29 is 9.53 Å². The van der Waals surface area contributed by atoms with Crippen LogP contribution >= 0.6 is 11.6 Å². The van der Waals surface area contributed by atoms with Gasteiger partial charge in [0.15, 0.2) is 0 Å². The van der Waals surface area contributed by atoms with E-state index < -0.39 is 0 Å². The van der Waals surface area contributed by atoms with Crippen molar-refractivity contribution >= 4 is 17.5 Å². The zero-order valence-corrected chi connectivity index (χ0v) is 18.1. The van der Waals surface area contributed by atoms with E-state index in [2.05, 4.69) is 22.4 Å². The largest absolute Gasteiger partial charge is 0.381 e. The second-order valence-electron chi connectivity index (χ2n) is 7.89. The first kappa shape index (κ1) is 20.6. The number of amides is 1. The predicted octanol–water partition coefficient (Wildman–Crippen LogP) is 4.62. The van der Waals surface area contributed by atoms with Crippen molar-refractivity contribution in [1.82, 2.24) is 14.9 Å². The second-order valence-corrected chi connectivity index (χ2v) is 8.33. The van der Waals surface area contributed by atoms with Gasteiger partial charge in [-0.25, -0.2) is 4.98 Å². The highest BCUT2D eigenvalue weighted by molar-refractivity contribution is 6.30. The lowest BCUT2D eigenvalue weighted by Crippen LogP contribution is -2.44. The number of pyridine rings is 1. The maximum Gasteiger partial charge on any atom is 0.253 e. The Balaban J connectivity index is 1.57. The molecule has 1 saturated heterocycles. The number of rotatable bonds is 5. The minimum atomic E-state index is -0.148. The van der Waals surface area contributed by atoms with E-state index in [0.29, 0.717) is 30.3 Å². The van der Waals surface area contributed by atoms with Crippen molar-refractivity contribution in [2.45, 2.75) is 32.1 Å². The summed E-state index contributed by atoms with van der Waals surface area (Å²) in [6.45, 7) is 5.88. The number of benzene rings is 1. The van der Waals surface area contributed by atoms with E-state index >= 15 is 0 Å². The van der Waals surface area contributed by atoms with Crippen LogP contribution in [0.4, 0.5) is 0 Å². The zero-order valence-electron chi connectivity index (χ0n) is 17.3. The van der Waals surface area contributed by atoms with Crippen molar-refractivity contribution in [2.75, 3.05) is 19.8 Å². The Morgan fingerprint density at radius 2 is 1.90 bits per heavy atom. The molecule has 30 heavy (non-hydrogen) atoms. The third-order valence-corrected chi connectivity index (χ3v) is 6.30. The molecule has 0 bridgehead atoms. The number of aromatic nitrogens is 2. The third kappa shape index (κ3) is 4.00. The number of aryl methyl sites for hydroxylation is 1. The average Bonchev–Trinajstić information content (AvgIpc) is 3.07. The minimum absolute atomic E-state index is 0.0647. The molecule has 0 atom stereocenters. The number of carbonyl (C=O) groups is 1. The Morgan fingerprint density at radius 3 is 2.57 bits per heavy atom. The summed E-state index contributed by atoms with van der Waals surface area (Å²) in [5.41, 5.74) is 3.59. The molecule has 6 heteroatoms. The number of hydrogen-bond donors (Lipinski definition) is 1. The number of ether oxygens (including phenoxy) is 1. The monoisotopic (exact) mass is 423 g/mol. The fourth-order valence-electron chi connectivity index (χ4n) is 4.31. The van der Waals surface area contributed by atoms with Crippen LogP contribution in [-0.4, -0.2) is 35.2 Å². The Bertz CT molecular complexity index is 1020. The highest BCUT2D eigenvalue weighted by Crippen LogP contribution is 2.35. The van der Waals surface area contributed by atoms with Crippen molar-refractivity contribution in [2.24, 2.45) is 0 Å². The van der Waals surface area contributed by atoms with Gasteiger partial charge in [0.05, 0.1) is 5.56 Å². The van der Waals surface area contributed by atoms with Gasteiger partial charge >= 0.3 is 0 Å². The van der Waals surface area contributed by atoms with E-state index in [1.54, 1.807) is 6.20 Å². The van der Waals surface area contributed by atoms with E-state index in [9.17, 15) is 4.79 Å². The molecule has 0 aliphatic carbocycles. The quantitative estimate of drug-likeness (QED) is 0.651. The van der Waals surface area contributed by atoms with Crippen LogP contribution in [0.15, 0.2) is 54.7 Å². The maximum atomic E-state index is 13.1. The molecule has 4 rings (SSSR count). The number of nitrogens with one attached hydrogen (secondary N) is 1. The molecular weight excluding hydrogens is 398 g/mol. The molecule has 0 unspecified atom stereocenters. The molecule has 0 saturated carbocycles. The summed E-state index contributed by atoms with van der Waals surface area (Å²) in [4.78, 5) is 17.6. The lowest BCUT2D eigenvalue weighted by atomic mass is 9.74. The van der Waals surface area contributed by atoms with Crippen LogP contribution in [0, 0.1) is 13.8 Å². The van der Waals surface area contributed by atoms with Crippen LogP contribution in [0.1, 0.15) is 40.2 Å². The molecule has 1 fully saturated rings. The lowest BCUT2D eigenvalue weighted by molar-refractivity contribution is 0.0487. The molecule has 1 amide bonds. The van der Waals surface area contributed by atoms with E-state index in [1.807, 2.05) is 54.8 Å². The molecule has 1 N–H and O–H groups in total. The third-order valence-electron chi connectivity index (χ3n) is 6.05. The van der Waals surface area contributed by atoms with Crippen LogP contribution < -0.4 is 5.32 Å². The molecule has 2 aromatic heterocycles. The van der Waals surface area contributed by atoms with Gasteiger partial charge in [0, 0.05) is 47.8 Å². The molecule has 3 heterocycles. The summed E-state index contributed by atoms with van der Waals surface area (Å²) in [7, 11) is 0. The Morgan fingerprint density at radius 1 is 1.17 bits per heavy atom. The van der Waals surface area contributed by atoms with Crippen LogP contribution in [-0.2, 0) is 10.2 Å². The Labute approximate surface area is 182 Å². The molecule has 1 aliphatic heterocycles. The molecule has 0 radical (unpaired) electrons. The lowest BCUT2D eigenvalue weighted by Gasteiger charge is -2.38. The van der Waals surface area contributed by atoms with Crippen molar-refractivity contribution in [3.8, 4) is 5.82 Å². The Hall–Kier alpha value is -2.63. The smallest absolute Gasteiger partial charge is 0.253 e. The van der Waals surface area contributed by atoms with Gasteiger partial charge < -0.3 is 14.6 Å². The highest BCUT2D eigenvalue weighted by Gasteiger charge is 2.35. The van der Waals surface area contributed by atoms with Crippen LogP contribution in [0.5, 0.6) is 0 Å². The standard InChI is InChI=1S/C24H26ClN3O2/c1-17-15-21(18(2)28(17)22-5-3-4-12-26-22)23(29)27-16-24(10-13-30-14-11-24)19-6-8-20(25)9-7-19/h3-9,12,15H,10-11,13-14,16H2,1-2H3,(H,27,29). The van der Waals surface area contributed by atoms with Crippen LogP contribution in [0.3, 0.4) is 0 Å². The van der Waals surface area contributed by atoms with Crippen molar-refractivity contribution in [3.05, 3.63) is 82.3 Å². The summed E-state index contributed by atoms with van der Waals surface area (Å²) < 4.78 is 7.61. The van der Waals surface area contributed by atoms with Gasteiger partial charge in [-0.2, -0.15) is 0 Å². The molecule has 5 nitrogen and oxygen atoms in total. The first-order valence-electron chi connectivity index (χ1n) is 10.2. The predicted molar refractivity (Wildman–Crippen MR) is 119 cm³/mol. The molecular formula is C24H26ClN3O2. The zero-order chi connectivity index (χ0) is 21.1. The van der Waals surface area contributed by atoms with E-state index in [-0.39, 0.29) is 11.3 Å². The SMILES string of the molecule is Cc1cc(C(=O)NCC2(c3ccc(Cl)cc3)CCOCC2)c(C)n1-c1ccccn1. The molecule has 1 aliphatic rings. The van der Waals surface area contributed by atoms with Crippen LogP contribution in [0.2, 0.25) is 5.02 Å². The van der Waals surface area contributed by atoms with E-state index in [4.69, 9.17) is 16.3 Å². The van der Waals surface area contributed by atoms with Gasteiger partial charge in [-0.1, -0.05) is 29.8 Å². The minimum Gasteiger partial charge on any atom is -0.381 e. The first-order valence-corrected chi connectivity index (χ1v) is 10.6. The van der Waals surface area contributed by atoms with E-state index in [1.165, 1.54) is 5.56 Å².